The first kappa shape index (κ1) is 21.0. The first-order valence-electron chi connectivity index (χ1n) is 10.7. The monoisotopic (exact) mass is 432 g/mol. The molecule has 2 amide bonds. The molecule has 30 heavy (non-hydrogen) atoms. The average molecular weight is 433 g/mol. The maximum Gasteiger partial charge on any atom is 0.328 e. The van der Waals surface area contributed by atoms with Crippen LogP contribution >= 0.6 is 11.6 Å². The van der Waals surface area contributed by atoms with Crippen LogP contribution in [0.4, 0.5) is 0 Å². The van der Waals surface area contributed by atoms with E-state index in [2.05, 4.69) is 0 Å². The van der Waals surface area contributed by atoms with Crippen LogP contribution in [0.3, 0.4) is 0 Å². The Morgan fingerprint density at radius 2 is 1.63 bits per heavy atom. The standard InChI is InChI=1S/C22H29ClN4O3/c1-15(28)25-9-11-26(12-10-25)21(29)17-5-3-16(4-6-17)14-27-20-13-18(23)7-8-19(20)24(2)22(27)30/h7-8,13,16-17H,3-6,9-12,14H2,1-2H3/t16-,17-. The van der Waals surface area contributed by atoms with Gasteiger partial charge in [0, 0.05) is 57.6 Å². The minimum Gasteiger partial charge on any atom is -0.339 e. The van der Waals surface area contributed by atoms with Gasteiger partial charge in [-0.2, -0.15) is 0 Å². The first-order valence-corrected chi connectivity index (χ1v) is 11.1. The molecule has 0 unspecified atom stereocenters. The Hall–Kier alpha value is -2.28. The number of fused-ring (bicyclic) bond motifs is 1. The third-order valence-electron chi connectivity index (χ3n) is 6.78. The van der Waals surface area contributed by atoms with E-state index in [1.807, 2.05) is 21.6 Å². The number of hydrogen-bond donors (Lipinski definition) is 0. The Morgan fingerprint density at radius 3 is 2.27 bits per heavy atom. The number of imidazole rings is 1. The van der Waals surface area contributed by atoms with E-state index in [9.17, 15) is 14.4 Å². The Bertz CT molecular complexity index is 1010. The van der Waals surface area contributed by atoms with E-state index in [4.69, 9.17) is 11.6 Å². The Balaban J connectivity index is 1.37. The van der Waals surface area contributed by atoms with E-state index in [-0.39, 0.29) is 23.4 Å². The quantitative estimate of drug-likeness (QED) is 0.748. The molecule has 0 spiro atoms. The van der Waals surface area contributed by atoms with Gasteiger partial charge in [-0.05, 0) is 49.8 Å². The zero-order valence-electron chi connectivity index (χ0n) is 17.6. The van der Waals surface area contributed by atoms with Crippen molar-refractivity contribution in [3.63, 3.8) is 0 Å². The van der Waals surface area contributed by atoms with Gasteiger partial charge in [-0.1, -0.05) is 11.6 Å². The van der Waals surface area contributed by atoms with Crippen LogP contribution in [-0.4, -0.2) is 56.9 Å². The predicted octanol–water partition coefficient (Wildman–Crippen LogP) is 2.49. The lowest BCUT2D eigenvalue weighted by Gasteiger charge is -2.37. The maximum atomic E-state index is 12.9. The second-order valence-corrected chi connectivity index (χ2v) is 9.07. The Labute approximate surface area is 181 Å². The number of aromatic nitrogens is 2. The summed E-state index contributed by atoms with van der Waals surface area (Å²) in [6, 6.07) is 5.55. The van der Waals surface area contributed by atoms with Crippen LogP contribution in [0, 0.1) is 11.8 Å². The van der Waals surface area contributed by atoms with Crippen molar-refractivity contribution >= 4 is 34.4 Å². The van der Waals surface area contributed by atoms with Gasteiger partial charge in [0.2, 0.25) is 11.8 Å². The normalized spacial score (nSPS) is 22.5. The molecular formula is C22H29ClN4O3. The molecule has 8 heteroatoms. The van der Waals surface area contributed by atoms with Gasteiger partial charge in [0.15, 0.2) is 0 Å². The van der Waals surface area contributed by atoms with Crippen molar-refractivity contribution in [3.8, 4) is 0 Å². The lowest BCUT2D eigenvalue weighted by molar-refractivity contribution is -0.142. The van der Waals surface area contributed by atoms with Gasteiger partial charge in [-0.15, -0.1) is 0 Å². The third-order valence-corrected chi connectivity index (χ3v) is 7.02. The summed E-state index contributed by atoms with van der Waals surface area (Å²) in [5.41, 5.74) is 1.74. The van der Waals surface area contributed by atoms with E-state index in [1.54, 1.807) is 29.5 Å². The van der Waals surface area contributed by atoms with Crippen molar-refractivity contribution in [2.45, 2.75) is 39.2 Å². The zero-order chi connectivity index (χ0) is 21.4. The molecule has 1 aromatic carbocycles. The van der Waals surface area contributed by atoms with Gasteiger partial charge in [0.25, 0.3) is 0 Å². The lowest BCUT2D eigenvalue weighted by atomic mass is 9.81. The summed E-state index contributed by atoms with van der Waals surface area (Å²) in [4.78, 5) is 40.8. The molecule has 0 atom stereocenters. The molecule has 2 fully saturated rings. The predicted molar refractivity (Wildman–Crippen MR) is 116 cm³/mol. The highest BCUT2D eigenvalue weighted by Crippen LogP contribution is 2.32. The van der Waals surface area contributed by atoms with Crippen LogP contribution in [0.15, 0.2) is 23.0 Å². The fourth-order valence-corrected chi connectivity index (χ4v) is 5.08. The SMILES string of the molecule is CC(=O)N1CCN(C(=O)[C@H]2CC[C@H](Cn3c(=O)n(C)c4ccc(Cl)cc43)CC2)CC1. The summed E-state index contributed by atoms with van der Waals surface area (Å²) < 4.78 is 3.50. The molecule has 0 N–H and O–H groups in total. The summed E-state index contributed by atoms with van der Waals surface area (Å²) in [5.74, 6) is 0.744. The van der Waals surface area contributed by atoms with Crippen molar-refractivity contribution in [3.05, 3.63) is 33.7 Å². The van der Waals surface area contributed by atoms with Crippen molar-refractivity contribution in [1.82, 2.24) is 18.9 Å². The van der Waals surface area contributed by atoms with Crippen molar-refractivity contribution in [1.29, 1.82) is 0 Å². The number of carbonyl (C=O) groups is 2. The molecule has 2 heterocycles. The summed E-state index contributed by atoms with van der Waals surface area (Å²) in [7, 11) is 1.79. The number of piperazine rings is 1. The van der Waals surface area contributed by atoms with Gasteiger partial charge in [0.1, 0.15) is 0 Å². The van der Waals surface area contributed by atoms with Crippen LogP contribution in [0.25, 0.3) is 11.0 Å². The molecule has 4 rings (SSSR count). The minimum atomic E-state index is -0.0196. The third kappa shape index (κ3) is 4.00. The van der Waals surface area contributed by atoms with Crippen LogP contribution in [0.2, 0.25) is 5.02 Å². The van der Waals surface area contributed by atoms with Gasteiger partial charge < -0.3 is 9.80 Å². The van der Waals surface area contributed by atoms with Gasteiger partial charge in [-0.25, -0.2) is 4.79 Å². The largest absolute Gasteiger partial charge is 0.339 e. The van der Waals surface area contributed by atoms with E-state index in [0.29, 0.717) is 43.7 Å². The van der Waals surface area contributed by atoms with Gasteiger partial charge in [0.05, 0.1) is 11.0 Å². The highest BCUT2D eigenvalue weighted by Gasteiger charge is 2.32. The molecule has 2 aromatic rings. The molecule has 1 aromatic heterocycles. The molecule has 1 saturated carbocycles. The number of halogens is 1. The lowest BCUT2D eigenvalue weighted by Crippen LogP contribution is -2.51. The Morgan fingerprint density at radius 1 is 1.00 bits per heavy atom. The summed E-state index contributed by atoms with van der Waals surface area (Å²) in [5, 5.41) is 0.626. The number of amides is 2. The Kier molecular flexibility index (Phi) is 5.91. The number of hydrogen-bond acceptors (Lipinski definition) is 3. The van der Waals surface area contributed by atoms with Crippen molar-refractivity contribution in [2.75, 3.05) is 26.2 Å². The van der Waals surface area contributed by atoms with Crippen LogP contribution in [0.1, 0.15) is 32.6 Å². The van der Waals surface area contributed by atoms with Crippen molar-refractivity contribution in [2.24, 2.45) is 18.9 Å². The number of carbonyl (C=O) groups excluding carboxylic acids is 2. The molecule has 162 valence electrons. The molecule has 2 aliphatic rings. The van der Waals surface area contributed by atoms with Gasteiger partial charge in [-0.3, -0.25) is 18.7 Å². The molecule has 1 aliphatic heterocycles. The molecule has 1 aliphatic carbocycles. The van der Waals surface area contributed by atoms with E-state index in [1.165, 1.54) is 0 Å². The first-order chi connectivity index (χ1) is 14.3. The zero-order valence-corrected chi connectivity index (χ0v) is 18.4. The van der Waals surface area contributed by atoms with Gasteiger partial charge >= 0.3 is 5.69 Å². The van der Waals surface area contributed by atoms with E-state index in [0.717, 1.165) is 36.7 Å². The molecule has 7 nitrogen and oxygen atoms in total. The average Bonchev–Trinajstić information content (AvgIpc) is 2.98. The summed E-state index contributed by atoms with van der Waals surface area (Å²) in [6.07, 6.45) is 3.59. The summed E-state index contributed by atoms with van der Waals surface area (Å²) >= 11 is 6.16. The maximum absolute atomic E-state index is 12.9. The number of benzene rings is 1. The molecule has 0 bridgehead atoms. The second kappa shape index (κ2) is 8.46. The van der Waals surface area contributed by atoms with Crippen LogP contribution in [-0.2, 0) is 23.2 Å². The van der Waals surface area contributed by atoms with Crippen molar-refractivity contribution < 1.29 is 9.59 Å². The smallest absolute Gasteiger partial charge is 0.328 e. The number of nitrogens with zero attached hydrogens (tertiary/aromatic N) is 4. The number of aryl methyl sites for hydroxylation is 1. The minimum absolute atomic E-state index is 0.0196. The van der Waals surface area contributed by atoms with Crippen LogP contribution < -0.4 is 5.69 Å². The summed E-state index contributed by atoms with van der Waals surface area (Å²) in [6.45, 7) is 4.75. The highest BCUT2D eigenvalue weighted by atomic mass is 35.5. The van der Waals surface area contributed by atoms with E-state index >= 15 is 0 Å². The fraction of sp³-hybridized carbons (Fsp3) is 0.591. The topological polar surface area (TPSA) is 67.6 Å². The highest BCUT2D eigenvalue weighted by molar-refractivity contribution is 6.31. The van der Waals surface area contributed by atoms with E-state index < -0.39 is 0 Å². The number of rotatable bonds is 3. The molecule has 1 saturated heterocycles. The molecular weight excluding hydrogens is 404 g/mol. The second-order valence-electron chi connectivity index (χ2n) is 8.63. The fourth-order valence-electron chi connectivity index (χ4n) is 4.91. The van der Waals surface area contributed by atoms with Crippen LogP contribution in [0.5, 0.6) is 0 Å². The molecule has 0 radical (unpaired) electrons.